The fraction of sp³-hybridized carbons (Fsp3) is 0.417. The Kier molecular flexibility index (Phi) is 5.40. The summed E-state index contributed by atoms with van der Waals surface area (Å²) in [6, 6.07) is 6.88. The Labute approximate surface area is 202 Å². The number of hydrogen-bond acceptors (Lipinski definition) is 9. The third kappa shape index (κ3) is 4.50. The van der Waals surface area contributed by atoms with Crippen molar-refractivity contribution in [3.63, 3.8) is 0 Å². The molecule has 0 radical (unpaired) electrons. The third-order valence-corrected chi connectivity index (χ3v) is 6.45. The molecule has 0 unspecified atom stereocenters. The second-order valence-corrected chi connectivity index (χ2v) is 10.5. The van der Waals surface area contributed by atoms with Gasteiger partial charge < -0.3 is 20.6 Å². The van der Waals surface area contributed by atoms with Crippen LogP contribution in [0.25, 0.3) is 33.3 Å². The number of H-pyrrole nitrogens is 2. The van der Waals surface area contributed by atoms with Crippen molar-refractivity contribution in [2.24, 2.45) is 0 Å². The highest BCUT2D eigenvalue weighted by molar-refractivity contribution is 6.01. The quantitative estimate of drug-likeness (QED) is 0.236. The van der Waals surface area contributed by atoms with Crippen LogP contribution in [-0.2, 0) is 0 Å². The minimum Gasteiger partial charge on any atom is -0.325 e. The summed E-state index contributed by atoms with van der Waals surface area (Å²) in [6.45, 7) is 8.18. The van der Waals surface area contributed by atoms with Crippen LogP contribution in [0.1, 0.15) is 40.5 Å². The fourth-order valence-electron chi connectivity index (χ4n) is 5.53. The molecule has 0 spiro atoms. The largest absolute Gasteiger partial charge is 0.371 e. The minimum atomic E-state index is -3.09. The van der Waals surface area contributed by atoms with Crippen molar-refractivity contribution in [1.82, 2.24) is 35.9 Å². The molecule has 4 aromatic rings. The van der Waals surface area contributed by atoms with Gasteiger partial charge in [0.05, 0.1) is 23.6 Å². The van der Waals surface area contributed by atoms with Crippen molar-refractivity contribution in [2.75, 3.05) is 4.90 Å². The van der Waals surface area contributed by atoms with Gasteiger partial charge in [-0.3, -0.25) is 15.1 Å². The number of aromatic amines is 2. The zero-order valence-corrected chi connectivity index (χ0v) is 20.1. The van der Waals surface area contributed by atoms with Gasteiger partial charge in [0, 0.05) is 39.8 Å². The van der Waals surface area contributed by atoms with Crippen LogP contribution in [0.4, 0.5) is 5.82 Å². The van der Waals surface area contributed by atoms with E-state index in [1.165, 1.54) is 0 Å². The van der Waals surface area contributed by atoms with Gasteiger partial charge in [0.15, 0.2) is 5.82 Å². The number of rotatable bonds is 5. The van der Waals surface area contributed by atoms with Gasteiger partial charge in [0.1, 0.15) is 0 Å². The maximum atomic E-state index is 10.3. The molecule has 1 aliphatic heterocycles. The predicted molar refractivity (Wildman–Crippen MR) is 131 cm³/mol. The van der Waals surface area contributed by atoms with Crippen LogP contribution in [0.15, 0.2) is 42.9 Å². The Bertz CT molecular complexity index is 1310. The Morgan fingerprint density at radius 3 is 2.23 bits per heavy atom. The van der Waals surface area contributed by atoms with Crippen LogP contribution in [0.3, 0.4) is 0 Å². The molecule has 0 bridgehead atoms. The first kappa shape index (κ1) is 23.4. The summed E-state index contributed by atoms with van der Waals surface area (Å²) in [5.41, 5.74) is 3.51. The summed E-state index contributed by atoms with van der Waals surface area (Å²) in [5, 5.41) is 58.0. The number of fused-ring (bicyclic) bond motifs is 1. The lowest BCUT2D eigenvalue weighted by Gasteiger charge is -2.50. The highest BCUT2D eigenvalue weighted by atomic mass is 16.7. The molecule has 1 saturated heterocycles. The topological polar surface area (TPSA) is 159 Å². The van der Waals surface area contributed by atoms with Crippen molar-refractivity contribution >= 4 is 16.7 Å². The molecule has 6 N–H and O–H groups in total. The van der Waals surface area contributed by atoms with E-state index in [1.807, 2.05) is 46.0 Å². The lowest BCUT2D eigenvalue weighted by atomic mass is 9.79. The number of nitrogens with one attached hydrogen (secondary N) is 3. The van der Waals surface area contributed by atoms with Gasteiger partial charge in [-0.25, -0.2) is 0 Å². The van der Waals surface area contributed by atoms with E-state index >= 15 is 0 Å². The first-order valence-electron chi connectivity index (χ1n) is 11.5. The van der Waals surface area contributed by atoms with Crippen LogP contribution in [-0.4, -0.2) is 69.1 Å². The van der Waals surface area contributed by atoms with E-state index in [9.17, 15) is 15.3 Å². The van der Waals surface area contributed by atoms with Crippen molar-refractivity contribution in [3.8, 4) is 22.4 Å². The molecule has 11 heteroatoms. The zero-order valence-electron chi connectivity index (χ0n) is 20.1. The monoisotopic (exact) mass is 478 g/mol. The second-order valence-electron chi connectivity index (χ2n) is 10.5. The summed E-state index contributed by atoms with van der Waals surface area (Å²) in [4.78, 5) is 1.13. The van der Waals surface area contributed by atoms with Gasteiger partial charge in [-0.2, -0.15) is 10.2 Å². The number of benzene rings is 1. The number of aliphatic hydroxyl groups is 3. The number of nitrogens with zero attached hydrogens (tertiary/aromatic N) is 5. The highest BCUT2D eigenvalue weighted by Gasteiger charge is 2.45. The van der Waals surface area contributed by atoms with E-state index in [0.29, 0.717) is 18.5 Å². The van der Waals surface area contributed by atoms with E-state index in [2.05, 4.69) is 35.9 Å². The van der Waals surface area contributed by atoms with Crippen molar-refractivity contribution in [1.29, 1.82) is 0 Å². The van der Waals surface area contributed by atoms with Crippen LogP contribution < -0.4 is 10.2 Å². The molecule has 1 aliphatic rings. The molecule has 11 nitrogen and oxygen atoms in total. The molecule has 0 aliphatic carbocycles. The van der Waals surface area contributed by atoms with Gasteiger partial charge in [-0.1, -0.05) is 6.07 Å². The molecule has 0 saturated carbocycles. The number of piperidine rings is 1. The van der Waals surface area contributed by atoms with Crippen molar-refractivity contribution < 1.29 is 15.3 Å². The Balaban J connectivity index is 1.51. The molecule has 0 atom stereocenters. The third-order valence-electron chi connectivity index (χ3n) is 6.45. The van der Waals surface area contributed by atoms with Gasteiger partial charge in [0.25, 0.3) is 0 Å². The number of aromatic nitrogens is 6. The van der Waals surface area contributed by atoms with Gasteiger partial charge in [-0.05, 0) is 64.3 Å². The molecule has 3 aromatic heterocycles. The summed E-state index contributed by atoms with van der Waals surface area (Å²) in [6.07, 6.45) is 3.36. The van der Waals surface area contributed by atoms with E-state index in [1.54, 1.807) is 24.5 Å². The van der Waals surface area contributed by atoms with Gasteiger partial charge >= 0.3 is 6.10 Å². The predicted octanol–water partition coefficient (Wildman–Crippen LogP) is 2.11. The number of anilines is 1. The van der Waals surface area contributed by atoms with Crippen LogP contribution >= 0.6 is 0 Å². The van der Waals surface area contributed by atoms with Gasteiger partial charge in [-0.15, -0.1) is 10.2 Å². The van der Waals surface area contributed by atoms with Crippen molar-refractivity contribution in [3.05, 3.63) is 42.9 Å². The minimum absolute atomic E-state index is 0.163. The molecular weight excluding hydrogens is 448 g/mol. The second kappa shape index (κ2) is 8.09. The maximum Gasteiger partial charge on any atom is 0.371 e. The molecule has 1 aromatic carbocycles. The average molecular weight is 479 g/mol. The normalized spacial score (nSPS) is 18.1. The van der Waals surface area contributed by atoms with Crippen LogP contribution in [0.2, 0.25) is 0 Å². The smallest absolute Gasteiger partial charge is 0.325 e. The molecule has 0 amide bonds. The molecule has 184 valence electrons. The first-order chi connectivity index (χ1) is 16.4. The van der Waals surface area contributed by atoms with E-state index in [4.69, 9.17) is 0 Å². The average Bonchev–Trinajstić information content (AvgIpc) is 3.43. The lowest BCUT2D eigenvalue weighted by Crippen LogP contribution is -2.66. The highest BCUT2D eigenvalue weighted by Crippen LogP contribution is 2.37. The van der Waals surface area contributed by atoms with Crippen LogP contribution in [0, 0.1) is 0 Å². The Hall–Kier alpha value is -3.38. The van der Waals surface area contributed by atoms with E-state index < -0.39 is 12.1 Å². The summed E-state index contributed by atoms with van der Waals surface area (Å²) in [7, 11) is 0. The SMILES string of the molecule is CC1(C)CC(N(c2ccc(-c3ccc(-c4cn[nH]c4)c4cn[nH]c34)nn2)C(O)(O)O)CC(C)(C)N1. The lowest BCUT2D eigenvalue weighted by molar-refractivity contribution is -0.314. The molecule has 35 heavy (non-hydrogen) atoms. The molecule has 4 heterocycles. The van der Waals surface area contributed by atoms with Crippen LogP contribution in [0.5, 0.6) is 0 Å². The molecule has 5 rings (SSSR count). The van der Waals surface area contributed by atoms with Crippen molar-refractivity contribution in [2.45, 2.75) is 63.8 Å². The standard InChI is InChI=1S/C24H30N8O3/c1-22(2)9-15(10-23(3,4)31-22)32(24(33,34)35)20-8-7-19(28-29-20)17-6-5-16(14-11-25-26-12-14)18-13-27-30-21(17)18/h5-8,11-13,15,31,33-35H,9-10H2,1-4H3,(H,25,26)(H,27,30). The zero-order chi connectivity index (χ0) is 25.0. The Morgan fingerprint density at radius 1 is 0.914 bits per heavy atom. The summed E-state index contributed by atoms with van der Waals surface area (Å²) in [5.74, 6) is 0.163. The first-order valence-corrected chi connectivity index (χ1v) is 11.5. The molecule has 1 fully saturated rings. The summed E-state index contributed by atoms with van der Waals surface area (Å²) >= 11 is 0. The molecular formula is C24H30N8O3. The van der Waals surface area contributed by atoms with Gasteiger partial charge in [0.2, 0.25) is 0 Å². The van der Waals surface area contributed by atoms with E-state index in [-0.39, 0.29) is 16.9 Å². The fourth-order valence-corrected chi connectivity index (χ4v) is 5.53. The Morgan fingerprint density at radius 2 is 1.63 bits per heavy atom. The maximum absolute atomic E-state index is 10.3. The number of hydrogen-bond donors (Lipinski definition) is 6. The van der Waals surface area contributed by atoms with E-state index in [0.717, 1.165) is 32.5 Å². The summed E-state index contributed by atoms with van der Waals surface area (Å²) < 4.78 is 0.